The van der Waals surface area contributed by atoms with E-state index in [-0.39, 0.29) is 18.9 Å². The van der Waals surface area contributed by atoms with Crippen molar-refractivity contribution < 1.29 is 38.0 Å². The average molecular weight is 714 g/mol. The fraction of sp³-hybridized carbons (Fsp3) is 0.769. The second-order valence-corrected chi connectivity index (χ2v) is 15.5. The van der Waals surface area contributed by atoms with Crippen LogP contribution >= 0.6 is 7.82 Å². The van der Waals surface area contributed by atoms with Crippen LogP contribution in [0.15, 0.2) is 48.6 Å². The molecular weight excluding hydrogens is 639 g/mol. The third-order valence-electron chi connectivity index (χ3n) is 8.10. The Labute approximate surface area is 300 Å². The number of rotatable bonds is 33. The number of hydrogen-bond donors (Lipinski definition) is 4. The lowest BCUT2D eigenvalue weighted by atomic mass is 10.0. The van der Waals surface area contributed by atoms with Crippen molar-refractivity contribution in [3.05, 3.63) is 48.6 Å². The molecule has 286 valence electrons. The summed E-state index contributed by atoms with van der Waals surface area (Å²) in [4.78, 5) is 23.0. The minimum absolute atomic E-state index is 0.00885. The largest absolute Gasteiger partial charge is 0.472 e. The molecule has 4 N–H and O–H groups in total. The molecule has 0 saturated carbocycles. The van der Waals surface area contributed by atoms with Gasteiger partial charge in [0.2, 0.25) is 5.91 Å². The Kier molecular flexibility index (Phi) is 30.2. The summed E-state index contributed by atoms with van der Waals surface area (Å²) in [5.74, 6) is -0.292. The van der Waals surface area contributed by atoms with E-state index in [1.54, 1.807) is 0 Å². The number of amides is 1. The molecule has 0 heterocycles. The van der Waals surface area contributed by atoms with E-state index in [2.05, 4.69) is 67.8 Å². The number of nitrogens with zero attached hydrogens (tertiary/aromatic N) is 1. The number of allylic oxidation sites excluding steroid dienone is 8. The third-order valence-corrected chi connectivity index (χ3v) is 9.08. The summed E-state index contributed by atoms with van der Waals surface area (Å²) in [6.45, 7) is 4.42. The predicted octanol–water partition coefficient (Wildman–Crippen LogP) is 8.71. The zero-order valence-corrected chi connectivity index (χ0v) is 32.7. The van der Waals surface area contributed by atoms with Crippen LogP contribution in [0.1, 0.15) is 136 Å². The first-order chi connectivity index (χ1) is 23.4. The monoisotopic (exact) mass is 714 g/mol. The number of unbranched alkanes of at least 4 members (excludes halogenated alkanes) is 11. The highest BCUT2D eigenvalue weighted by Gasteiger charge is 2.31. The van der Waals surface area contributed by atoms with Crippen LogP contribution in [0.3, 0.4) is 0 Å². The van der Waals surface area contributed by atoms with E-state index in [0.29, 0.717) is 30.3 Å². The van der Waals surface area contributed by atoms with Crippen molar-refractivity contribution in [2.45, 2.75) is 154 Å². The molecule has 0 fully saturated rings. The van der Waals surface area contributed by atoms with Crippen molar-refractivity contribution in [1.29, 1.82) is 0 Å². The van der Waals surface area contributed by atoms with E-state index in [4.69, 9.17) is 9.05 Å². The Balaban J connectivity index is 4.73. The first kappa shape index (κ1) is 47.4. The fourth-order valence-electron chi connectivity index (χ4n) is 4.96. The van der Waals surface area contributed by atoms with Gasteiger partial charge in [-0.2, -0.15) is 0 Å². The maximum absolute atomic E-state index is 12.8. The van der Waals surface area contributed by atoms with E-state index < -0.39 is 32.7 Å². The molecule has 0 rings (SSSR count). The normalized spacial score (nSPS) is 15.8. The molecule has 4 unspecified atom stereocenters. The van der Waals surface area contributed by atoms with Crippen molar-refractivity contribution >= 4 is 13.7 Å². The van der Waals surface area contributed by atoms with Crippen LogP contribution in [0.4, 0.5) is 0 Å². The molecule has 0 aliphatic carbocycles. The van der Waals surface area contributed by atoms with Crippen molar-refractivity contribution in [1.82, 2.24) is 5.32 Å². The summed E-state index contributed by atoms with van der Waals surface area (Å²) in [5.41, 5.74) is 0. The minimum Gasteiger partial charge on any atom is -0.390 e. The Morgan fingerprint density at radius 2 is 1.27 bits per heavy atom. The van der Waals surface area contributed by atoms with Crippen LogP contribution in [0.2, 0.25) is 0 Å². The van der Waals surface area contributed by atoms with Crippen molar-refractivity contribution in [3.8, 4) is 0 Å². The van der Waals surface area contributed by atoms with Crippen LogP contribution < -0.4 is 5.32 Å². The Hall–Kier alpha value is -1.58. The molecule has 1 amide bonds. The smallest absolute Gasteiger partial charge is 0.390 e. The van der Waals surface area contributed by atoms with E-state index in [9.17, 15) is 24.5 Å². The molecular formula is C39H74N2O7P+. The number of nitrogens with one attached hydrogen (secondary N) is 1. The quantitative estimate of drug-likeness (QED) is 0.0232. The predicted molar refractivity (Wildman–Crippen MR) is 204 cm³/mol. The number of likely N-dealkylation sites (N-methyl/N-ethyl adjacent to an activating group) is 1. The molecule has 0 aromatic rings. The fourth-order valence-corrected chi connectivity index (χ4v) is 5.69. The summed E-state index contributed by atoms with van der Waals surface area (Å²) in [7, 11) is 1.39. The number of aliphatic hydroxyl groups excluding tert-OH is 2. The average Bonchev–Trinajstić information content (AvgIpc) is 3.04. The molecule has 4 atom stereocenters. The topological polar surface area (TPSA) is 125 Å². The number of phosphoric ester groups is 1. The van der Waals surface area contributed by atoms with Gasteiger partial charge in [-0.1, -0.05) is 101 Å². The van der Waals surface area contributed by atoms with Crippen LogP contribution in [0.5, 0.6) is 0 Å². The summed E-state index contributed by atoms with van der Waals surface area (Å²) in [5, 5.41) is 24.5. The second kappa shape index (κ2) is 31.2. The molecule has 0 bridgehead atoms. The molecule has 0 spiro atoms. The summed E-state index contributed by atoms with van der Waals surface area (Å²) >= 11 is 0. The van der Waals surface area contributed by atoms with Gasteiger partial charge in [0.1, 0.15) is 19.3 Å². The van der Waals surface area contributed by atoms with Crippen molar-refractivity contribution in [3.63, 3.8) is 0 Å². The molecule has 0 aliphatic rings. The van der Waals surface area contributed by atoms with E-state index in [0.717, 1.165) is 70.6 Å². The lowest BCUT2D eigenvalue weighted by molar-refractivity contribution is -0.870. The van der Waals surface area contributed by atoms with E-state index in [1.165, 1.54) is 25.7 Å². The van der Waals surface area contributed by atoms with Gasteiger partial charge in [-0.25, -0.2) is 4.57 Å². The molecule has 0 radical (unpaired) electrons. The van der Waals surface area contributed by atoms with E-state index in [1.807, 2.05) is 21.1 Å². The number of carbonyl (C=O) groups excluding carboxylic acids is 1. The molecule has 0 aromatic carbocycles. The van der Waals surface area contributed by atoms with Gasteiger partial charge >= 0.3 is 7.82 Å². The van der Waals surface area contributed by atoms with Crippen molar-refractivity contribution in [2.24, 2.45) is 0 Å². The van der Waals surface area contributed by atoms with E-state index >= 15 is 0 Å². The zero-order chi connectivity index (χ0) is 36.6. The lowest BCUT2D eigenvalue weighted by Crippen LogP contribution is -2.51. The number of aliphatic hydroxyl groups is 2. The highest BCUT2D eigenvalue weighted by atomic mass is 31.2. The van der Waals surface area contributed by atoms with Crippen molar-refractivity contribution in [2.75, 3.05) is 40.9 Å². The first-order valence-corrected chi connectivity index (χ1v) is 20.6. The number of carbonyl (C=O) groups is 1. The number of phosphoric acid groups is 1. The molecule has 0 aromatic heterocycles. The van der Waals surface area contributed by atoms with Gasteiger partial charge in [-0.15, -0.1) is 0 Å². The molecule has 9 nitrogen and oxygen atoms in total. The van der Waals surface area contributed by atoms with Crippen LogP contribution in [0.25, 0.3) is 0 Å². The Bertz CT molecular complexity index is 962. The van der Waals surface area contributed by atoms with Crippen LogP contribution in [-0.4, -0.2) is 84.6 Å². The minimum atomic E-state index is -4.42. The Morgan fingerprint density at radius 3 is 1.90 bits per heavy atom. The maximum Gasteiger partial charge on any atom is 0.472 e. The summed E-state index contributed by atoms with van der Waals surface area (Å²) in [6.07, 6.45) is 33.2. The van der Waals surface area contributed by atoms with Gasteiger partial charge in [0, 0.05) is 6.42 Å². The number of hydrogen-bond acceptors (Lipinski definition) is 6. The van der Waals surface area contributed by atoms with Gasteiger partial charge in [0.25, 0.3) is 0 Å². The SMILES string of the molecule is CCC/C=C\C/C=C\CCCCCCCC(=O)NC(COP(=O)(O)OCC[N+](C)(C)C)C(O)C(O)CCC/C=C/CC/C=C/CCCCC. The second-order valence-electron chi connectivity index (χ2n) is 14.1. The summed E-state index contributed by atoms with van der Waals surface area (Å²) in [6, 6.07) is -1.06. The maximum atomic E-state index is 12.8. The lowest BCUT2D eigenvalue weighted by Gasteiger charge is -2.28. The first-order valence-electron chi connectivity index (χ1n) is 19.1. The van der Waals surface area contributed by atoms with Crippen LogP contribution in [-0.2, 0) is 18.4 Å². The highest BCUT2D eigenvalue weighted by molar-refractivity contribution is 7.47. The van der Waals surface area contributed by atoms with Gasteiger partial charge in [-0.3, -0.25) is 13.8 Å². The van der Waals surface area contributed by atoms with Gasteiger partial charge < -0.3 is 24.9 Å². The van der Waals surface area contributed by atoms with Gasteiger partial charge in [0.05, 0.1) is 39.9 Å². The van der Waals surface area contributed by atoms with Crippen LogP contribution in [0, 0.1) is 0 Å². The zero-order valence-electron chi connectivity index (χ0n) is 31.8. The highest BCUT2D eigenvalue weighted by Crippen LogP contribution is 2.43. The Morgan fingerprint density at radius 1 is 0.714 bits per heavy atom. The molecule has 0 saturated heterocycles. The third kappa shape index (κ3) is 32.1. The standard InChI is InChI=1S/C39H73N2O7P/c1-6-8-10-12-14-16-18-20-22-24-26-28-30-32-38(43)40-36(35-48-49(45,46)47-34-33-41(3,4)5)39(44)37(42)31-29-27-25-23-21-19-17-15-13-11-9-7-2/h10,12,15-18,23,25,36-37,39,42,44H,6-9,11,13-14,19-22,24,26-35H2,1-5H3,(H-,40,43,45,46)/p+1/b12-10-,17-15+,18-16-,25-23+. The molecule has 49 heavy (non-hydrogen) atoms. The van der Waals surface area contributed by atoms with Gasteiger partial charge in [-0.05, 0) is 77.0 Å². The number of quaternary nitrogens is 1. The molecule has 10 heteroatoms. The van der Waals surface area contributed by atoms with Gasteiger partial charge in [0.15, 0.2) is 0 Å². The molecule has 0 aliphatic heterocycles. The summed E-state index contributed by atoms with van der Waals surface area (Å²) < 4.78 is 23.3.